The van der Waals surface area contributed by atoms with Crippen LogP contribution in [0.15, 0.2) is 40.8 Å². The average molecular weight is 288 g/mol. The number of ether oxygens (including phenoxy) is 1. The summed E-state index contributed by atoms with van der Waals surface area (Å²) < 4.78 is 10.4. The molecule has 0 unspecified atom stereocenters. The van der Waals surface area contributed by atoms with Crippen LogP contribution in [0.5, 0.6) is 0 Å². The van der Waals surface area contributed by atoms with Crippen molar-refractivity contribution in [3.63, 3.8) is 0 Å². The normalized spacial score (nSPS) is 10.3. The molecule has 2 rings (SSSR count). The molecule has 0 aliphatic carbocycles. The molecule has 0 bridgehead atoms. The Morgan fingerprint density at radius 1 is 1.24 bits per heavy atom. The number of hydrogen-bond donors (Lipinski definition) is 1. The van der Waals surface area contributed by atoms with Crippen molar-refractivity contribution in [3.05, 3.63) is 47.7 Å². The minimum atomic E-state index is -1.13. The van der Waals surface area contributed by atoms with Crippen LogP contribution in [0.2, 0.25) is 0 Å². The molecule has 5 heteroatoms. The van der Waals surface area contributed by atoms with Gasteiger partial charge in [-0.05, 0) is 30.7 Å². The fourth-order valence-corrected chi connectivity index (χ4v) is 1.80. The fraction of sp³-hybridized carbons (Fsp3) is 0.250. The topological polar surface area (TPSA) is 76.7 Å². The van der Waals surface area contributed by atoms with Crippen LogP contribution in [-0.2, 0) is 4.74 Å². The first-order chi connectivity index (χ1) is 10.1. The van der Waals surface area contributed by atoms with E-state index < -0.39 is 11.9 Å². The third kappa shape index (κ3) is 3.72. The van der Waals surface area contributed by atoms with Gasteiger partial charge in [0.25, 0.3) is 0 Å². The fourth-order valence-electron chi connectivity index (χ4n) is 1.80. The lowest BCUT2D eigenvalue weighted by Crippen LogP contribution is -2.06. The SMILES string of the molecule is CCCCOC(=O)c1cccc(-c2ccc(C(=O)O)o2)c1. The number of unbranched alkanes of at least 4 members (excludes halogenated alkanes) is 1. The van der Waals surface area contributed by atoms with E-state index in [0.29, 0.717) is 23.5 Å². The number of carboxylic acid groups (broad SMARTS) is 1. The van der Waals surface area contributed by atoms with Crippen molar-refractivity contribution in [2.75, 3.05) is 6.61 Å². The predicted octanol–water partition coefficient (Wildman–Crippen LogP) is 3.60. The molecule has 0 saturated carbocycles. The van der Waals surface area contributed by atoms with Crippen LogP contribution in [0.3, 0.4) is 0 Å². The van der Waals surface area contributed by atoms with E-state index in [1.165, 1.54) is 6.07 Å². The van der Waals surface area contributed by atoms with Gasteiger partial charge in [-0.1, -0.05) is 25.5 Å². The monoisotopic (exact) mass is 288 g/mol. The summed E-state index contributed by atoms with van der Waals surface area (Å²) in [5.41, 5.74) is 1.05. The lowest BCUT2D eigenvalue weighted by Gasteiger charge is -2.05. The second-order valence-corrected chi connectivity index (χ2v) is 4.54. The van der Waals surface area contributed by atoms with Crippen molar-refractivity contribution in [3.8, 4) is 11.3 Å². The van der Waals surface area contributed by atoms with Crippen molar-refractivity contribution in [1.29, 1.82) is 0 Å². The molecular formula is C16H16O5. The number of furan rings is 1. The maximum absolute atomic E-state index is 11.9. The van der Waals surface area contributed by atoms with E-state index in [4.69, 9.17) is 14.3 Å². The molecule has 2 aromatic rings. The average Bonchev–Trinajstić information content (AvgIpc) is 2.97. The Kier molecular flexibility index (Phi) is 4.77. The van der Waals surface area contributed by atoms with Crippen LogP contribution in [-0.4, -0.2) is 23.7 Å². The van der Waals surface area contributed by atoms with Gasteiger partial charge in [0.1, 0.15) is 5.76 Å². The summed E-state index contributed by atoms with van der Waals surface area (Å²) in [5.74, 6) is -1.26. The summed E-state index contributed by atoms with van der Waals surface area (Å²) in [7, 11) is 0. The molecule has 1 aromatic carbocycles. The highest BCUT2D eigenvalue weighted by Crippen LogP contribution is 2.23. The third-order valence-electron chi connectivity index (χ3n) is 2.93. The van der Waals surface area contributed by atoms with Crippen LogP contribution in [0.1, 0.15) is 40.7 Å². The summed E-state index contributed by atoms with van der Waals surface area (Å²) in [4.78, 5) is 22.7. The van der Waals surface area contributed by atoms with Crippen molar-refractivity contribution in [2.24, 2.45) is 0 Å². The first kappa shape index (κ1) is 14.8. The number of rotatable bonds is 6. The Hall–Kier alpha value is -2.56. The second-order valence-electron chi connectivity index (χ2n) is 4.54. The number of hydrogen-bond acceptors (Lipinski definition) is 4. The predicted molar refractivity (Wildman–Crippen MR) is 76.3 cm³/mol. The molecule has 110 valence electrons. The lowest BCUT2D eigenvalue weighted by molar-refractivity contribution is 0.0499. The van der Waals surface area contributed by atoms with Crippen LogP contribution in [0.25, 0.3) is 11.3 Å². The van der Waals surface area contributed by atoms with E-state index in [0.717, 1.165) is 12.8 Å². The Bertz CT molecular complexity index is 642. The molecule has 0 atom stereocenters. The highest BCUT2D eigenvalue weighted by molar-refractivity contribution is 5.91. The molecule has 0 spiro atoms. The van der Waals surface area contributed by atoms with Crippen LogP contribution < -0.4 is 0 Å². The largest absolute Gasteiger partial charge is 0.475 e. The van der Waals surface area contributed by atoms with E-state index in [1.807, 2.05) is 6.92 Å². The highest BCUT2D eigenvalue weighted by Gasteiger charge is 2.13. The van der Waals surface area contributed by atoms with Crippen LogP contribution in [0.4, 0.5) is 0 Å². The molecular weight excluding hydrogens is 272 g/mol. The first-order valence-electron chi connectivity index (χ1n) is 6.72. The van der Waals surface area contributed by atoms with Gasteiger partial charge in [-0.15, -0.1) is 0 Å². The van der Waals surface area contributed by atoms with E-state index in [9.17, 15) is 9.59 Å². The highest BCUT2D eigenvalue weighted by atomic mass is 16.5. The van der Waals surface area contributed by atoms with Crippen molar-refractivity contribution < 1.29 is 23.8 Å². The summed E-state index contributed by atoms with van der Waals surface area (Å²) in [6.45, 7) is 2.41. The van der Waals surface area contributed by atoms with E-state index >= 15 is 0 Å². The van der Waals surface area contributed by atoms with Gasteiger partial charge < -0.3 is 14.3 Å². The number of benzene rings is 1. The van der Waals surface area contributed by atoms with Gasteiger partial charge in [0, 0.05) is 5.56 Å². The maximum atomic E-state index is 11.9. The molecule has 1 heterocycles. The van der Waals surface area contributed by atoms with Gasteiger partial charge >= 0.3 is 11.9 Å². The first-order valence-corrected chi connectivity index (χ1v) is 6.72. The summed E-state index contributed by atoms with van der Waals surface area (Å²) in [6, 6.07) is 9.66. The molecule has 0 saturated heterocycles. The summed E-state index contributed by atoms with van der Waals surface area (Å²) in [5, 5.41) is 8.84. The van der Waals surface area contributed by atoms with Gasteiger partial charge in [0.05, 0.1) is 12.2 Å². The maximum Gasteiger partial charge on any atom is 0.371 e. The zero-order valence-electron chi connectivity index (χ0n) is 11.7. The van der Waals surface area contributed by atoms with E-state index in [1.54, 1.807) is 30.3 Å². The number of aromatic carboxylic acids is 1. The molecule has 1 N–H and O–H groups in total. The second kappa shape index (κ2) is 6.74. The van der Waals surface area contributed by atoms with Gasteiger partial charge in [-0.3, -0.25) is 0 Å². The molecule has 21 heavy (non-hydrogen) atoms. The molecule has 0 aliphatic heterocycles. The minimum Gasteiger partial charge on any atom is -0.475 e. The molecule has 5 nitrogen and oxygen atoms in total. The van der Waals surface area contributed by atoms with Gasteiger partial charge in [0.2, 0.25) is 5.76 Å². The Labute approximate surface area is 122 Å². The Balaban J connectivity index is 2.16. The van der Waals surface area contributed by atoms with Gasteiger partial charge in [0.15, 0.2) is 0 Å². The zero-order chi connectivity index (χ0) is 15.2. The van der Waals surface area contributed by atoms with Crippen molar-refractivity contribution >= 4 is 11.9 Å². The van der Waals surface area contributed by atoms with Gasteiger partial charge in [-0.2, -0.15) is 0 Å². The molecule has 0 amide bonds. The number of carbonyl (C=O) groups excluding carboxylic acids is 1. The van der Waals surface area contributed by atoms with Crippen molar-refractivity contribution in [2.45, 2.75) is 19.8 Å². The zero-order valence-corrected chi connectivity index (χ0v) is 11.7. The number of esters is 1. The van der Waals surface area contributed by atoms with E-state index in [2.05, 4.69) is 0 Å². The third-order valence-corrected chi connectivity index (χ3v) is 2.93. The standard InChI is InChI=1S/C16H16O5/c1-2-3-9-20-16(19)12-6-4-5-11(10-12)13-7-8-14(21-13)15(17)18/h4-8,10H,2-3,9H2,1H3,(H,17,18). The Morgan fingerprint density at radius 2 is 2.05 bits per heavy atom. The smallest absolute Gasteiger partial charge is 0.371 e. The quantitative estimate of drug-likeness (QED) is 0.649. The van der Waals surface area contributed by atoms with Crippen molar-refractivity contribution in [1.82, 2.24) is 0 Å². The van der Waals surface area contributed by atoms with Crippen LogP contribution >= 0.6 is 0 Å². The Morgan fingerprint density at radius 3 is 2.71 bits per heavy atom. The number of carboxylic acids is 1. The summed E-state index contributed by atoms with van der Waals surface area (Å²) >= 11 is 0. The van der Waals surface area contributed by atoms with Crippen LogP contribution in [0, 0.1) is 0 Å². The van der Waals surface area contributed by atoms with Gasteiger partial charge in [-0.25, -0.2) is 9.59 Å². The minimum absolute atomic E-state index is 0.138. The number of carbonyl (C=O) groups is 2. The van der Waals surface area contributed by atoms with E-state index in [-0.39, 0.29) is 5.76 Å². The molecule has 0 aliphatic rings. The molecule has 1 aromatic heterocycles. The lowest BCUT2D eigenvalue weighted by atomic mass is 10.1. The summed E-state index contributed by atoms with van der Waals surface area (Å²) in [6.07, 6.45) is 1.78. The molecule has 0 fully saturated rings. The molecule has 0 radical (unpaired) electrons.